The fourth-order valence-electron chi connectivity index (χ4n) is 2.47. The van der Waals surface area contributed by atoms with Crippen LogP contribution in [0.15, 0.2) is 42.5 Å². The monoisotopic (exact) mass is 301 g/mol. The molecule has 4 nitrogen and oxygen atoms in total. The lowest BCUT2D eigenvalue weighted by Gasteiger charge is -2.17. The molecule has 0 fully saturated rings. The van der Waals surface area contributed by atoms with E-state index in [1.165, 1.54) is 0 Å². The number of halogens is 1. The number of hydrogen-bond donors (Lipinski definition) is 1. The maximum Gasteiger partial charge on any atom is 0.307 e. The number of carbonyl (C=O) groups is 2. The second-order valence-corrected chi connectivity index (χ2v) is 5.30. The van der Waals surface area contributed by atoms with E-state index in [-0.39, 0.29) is 12.3 Å². The molecule has 0 aromatic heterocycles. The van der Waals surface area contributed by atoms with E-state index >= 15 is 0 Å². The molecular weight excluding hydrogens is 290 g/mol. The van der Waals surface area contributed by atoms with Crippen LogP contribution < -0.4 is 4.90 Å². The van der Waals surface area contributed by atoms with Gasteiger partial charge >= 0.3 is 5.97 Å². The lowest BCUT2D eigenvalue weighted by Crippen LogP contribution is -2.23. The van der Waals surface area contributed by atoms with Crippen molar-refractivity contribution in [3.63, 3.8) is 0 Å². The van der Waals surface area contributed by atoms with Crippen LogP contribution >= 0.6 is 11.6 Å². The molecule has 3 rings (SSSR count). The molecule has 0 saturated heterocycles. The predicted molar refractivity (Wildman–Crippen MR) is 79.7 cm³/mol. The van der Waals surface area contributed by atoms with Gasteiger partial charge in [-0.1, -0.05) is 35.9 Å². The first kappa shape index (κ1) is 13.6. The number of carboxylic acid groups (broad SMARTS) is 1. The molecule has 0 aliphatic carbocycles. The van der Waals surface area contributed by atoms with Gasteiger partial charge in [0, 0.05) is 16.3 Å². The fraction of sp³-hybridized carbons (Fsp3) is 0.125. The summed E-state index contributed by atoms with van der Waals surface area (Å²) in [5.74, 6) is -0.998. The third-order valence-corrected chi connectivity index (χ3v) is 3.86. The van der Waals surface area contributed by atoms with Crippen LogP contribution in [0.5, 0.6) is 0 Å². The first-order valence-corrected chi connectivity index (χ1v) is 6.84. The summed E-state index contributed by atoms with van der Waals surface area (Å²) in [4.78, 5) is 24.7. The van der Waals surface area contributed by atoms with Crippen LogP contribution in [0.1, 0.15) is 21.5 Å². The van der Waals surface area contributed by atoms with Crippen molar-refractivity contribution < 1.29 is 14.7 Å². The fourth-order valence-corrected chi connectivity index (χ4v) is 2.71. The number of amides is 1. The van der Waals surface area contributed by atoms with Crippen molar-refractivity contribution in [2.24, 2.45) is 0 Å². The number of carbonyl (C=O) groups excluding carboxylic acids is 1. The van der Waals surface area contributed by atoms with Gasteiger partial charge in [-0.3, -0.25) is 9.59 Å². The summed E-state index contributed by atoms with van der Waals surface area (Å²) in [5.41, 5.74) is 2.89. The third-order valence-electron chi connectivity index (χ3n) is 3.51. The number of benzene rings is 2. The standard InChI is InChI=1S/C16H12ClNO3/c17-14-8-12(6-5-10(14)7-15(19)20)18-9-11-3-1-2-4-13(11)16(18)21/h1-6,8H,7,9H2,(H,19,20). The van der Waals surface area contributed by atoms with Gasteiger partial charge in [-0.2, -0.15) is 0 Å². The average molecular weight is 302 g/mol. The highest BCUT2D eigenvalue weighted by Gasteiger charge is 2.28. The maximum absolute atomic E-state index is 12.4. The number of fused-ring (bicyclic) bond motifs is 1. The summed E-state index contributed by atoms with van der Waals surface area (Å²) < 4.78 is 0. The van der Waals surface area contributed by atoms with E-state index < -0.39 is 5.97 Å². The summed E-state index contributed by atoms with van der Waals surface area (Å²) in [5, 5.41) is 9.17. The Balaban J connectivity index is 1.91. The number of anilines is 1. The topological polar surface area (TPSA) is 57.6 Å². The highest BCUT2D eigenvalue weighted by Crippen LogP contribution is 2.31. The van der Waals surface area contributed by atoms with Gasteiger partial charge in [0.05, 0.1) is 13.0 Å². The lowest BCUT2D eigenvalue weighted by atomic mass is 10.1. The maximum atomic E-state index is 12.4. The summed E-state index contributed by atoms with van der Waals surface area (Å²) in [6.07, 6.45) is -0.132. The second-order valence-electron chi connectivity index (χ2n) is 4.89. The zero-order valence-electron chi connectivity index (χ0n) is 11.0. The molecule has 0 atom stereocenters. The van der Waals surface area contributed by atoms with Crippen LogP contribution in [-0.4, -0.2) is 17.0 Å². The molecular formula is C16H12ClNO3. The molecule has 1 aliphatic rings. The number of nitrogens with zero attached hydrogens (tertiary/aromatic N) is 1. The number of carboxylic acids is 1. The van der Waals surface area contributed by atoms with Gasteiger partial charge in [0.1, 0.15) is 0 Å². The van der Waals surface area contributed by atoms with Gasteiger partial charge in [-0.25, -0.2) is 0 Å². The largest absolute Gasteiger partial charge is 0.481 e. The Labute approximate surface area is 126 Å². The Morgan fingerprint density at radius 2 is 2.00 bits per heavy atom. The summed E-state index contributed by atoms with van der Waals surface area (Å²) in [6, 6.07) is 12.5. The molecule has 2 aromatic carbocycles. The minimum absolute atomic E-state index is 0.0624. The molecule has 5 heteroatoms. The van der Waals surface area contributed by atoms with Gasteiger partial charge in [0.15, 0.2) is 0 Å². The SMILES string of the molecule is O=C(O)Cc1ccc(N2Cc3ccccc3C2=O)cc1Cl. The van der Waals surface area contributed by atoms with Crippen molar-refractivity contribution in [3.8, 4) is 0 Å². The van der Waals surface area contributed by atoms with E-state index in [2.05, 4.69) is 0 Å². The minimum atomic E-state index is -0.936. The van der Waals surface area contributed by atoms with E-state index in [1.807, 2.05) is 18.2 Å². The highest BCUT2D eigenvalue weighted by atomic mass is 35.5. The van der Waals surface area contributed by atoms with Crippen LogP contribution in [0.25, 0.3) is 0 Å². The Hall–Kier alpha value is -2.33. The van der Waals surface area contributed by atoms with Crippen LogP contribution in [0, 0.1) is 0 Å². The highest BCUT2D eigenvalue weighted by molar-refractivity contribution is 6.32. The first-order chi connectivity index (χ1) is 10.1. The lowest BCUT2D eigenvalue weighted by molar-refractivity contribution is -0.136. The second kappa shape index (κ2) is 5.22. The first-order valence-electron chi connectivity index (χ1n) is 6.46. The molecule has 0 spiro atoms. The number of aliphatic carboxylic acids is 1. The summed E-state index contributed by atoms with van der Waals surface area (Å²) in [7, 11) is 0. The zero-order valence-corrected chi connectivity index (χ0v) is 11.8. The normalized spacial score (nSPS) is 13.4. The molecule has 1 heterocycles. The van der Waals surface area contributed by atoms with Crippen LogP contribution in [-0.2, 0) is 17.8 Å². The Kier molecular flexibility index (Phi) is 3.39. The van der Waals surface area contributed by atoms with Gasteiger partial charge < -0.3 is 10.0 Å². The molecule has 1 amide bonds. The number of hydrogen-bond acceptors (Lipinski definition) is 2. The predicted octanol–water partition coefficient (Wildman–Crippen LogP) is 3.13. The van der Waals surface area contributed by atoms with E-state index in [9.17, 15) is 9.59 Å². The van der Waals surface area contributed by atoms with E-state index in [1.54, 1.807) is 29.2 Å². The average Bonchev–Trinajstić information content (AvgIpc) is 2.79. The van der Waals surface area contributed by atoms with Crippen molar-refractivity contribution in [2.45, 2.75) is 13.0 Å². The Bertz CT molecular complexity index is 742. The van der Waals surface area contributed by atoms with Crippen LogP contribution in [0.2, 0.25) is 5.02 Å². The van der Waals surface area contributed by atoms with Gasteiger partial charge in [0.25, 0.3) is 5.91 Å². The minimum Gasteiger partial charge on any atom is -0.481 e. The molecule has 0 radical (unpaired) electrons. The molecule has 0 unspecified atom stereocenters. The van der Waals surface area contributed by atoms with E-state index in [0.29, 0.717) is 28.4 Å². The molecule has 0 saturated carbocycles. The van der Waals surface area contributed by atoms with Crippen molar-refractivity contribution in [2.75, 3.05) is 4.90 Å². The Morgan fingerprint density at radius 3 is 2.67 bits per heavy atom. The van der Waals surface area contributed by atoms with Crippen molar-refractivity contribution in [3.05, 3.63) is 64.2 Å². The van der Waals surface area contributed by atoms with Crippen molar-refractivity contribution in [1.29, 1.82) is 0 Å². The molecule has 0 bridgehead atoms. The van der Waals surface area contributed by atoms with Crippen molar-refractivity contribution >= 4 is 29.2 Å². The van der Waals surface area contributed by atoms with Crippen molar-refractivity contribution in [1.82, 2.24) is 0 Å². The van der Waals surface area contributed by atoms with Crippen LogP contribution in [0.3, 0.4) is 0 Å². The molecule has 1 N–H and O–H groups in total. The summed E-state index contributed by atoms with van der Waals surface area (Å²) in [6.45, 7) is 0.504. The molecule has 21 heavy (non-hydrogen) atoms. The zero-order chi connectivity index (χ0) is 15.0. The molecule has 2 aromatic rings. The van der Waals surface area contributed by atoms with E-state index in [4.69, 9.17) is 16.7 Å². The van der Waals surface area contributed by atoms with Gasteiger partial charge in [0.2, 0.25) is 0 Å². The summed E-state index contributed by atoms with van der Waals surface area (Å²) >= 11 is 6.11. The van der Waals surface area contributed by atoms with Crippen LogP contribution in [0.4, 0.5) is 5.69 Å². The third kappa shape index (κ3) is 2.50. The van der Waals surface area contributed by atoms with Gasteiger partial charge in [-0.05, 0) is 29.3 Å². The Morgan fingerprint density at radius 1 is 1.24 bits per heavy atom. The molecule has 106 valence electrons. The van der Waals surface area contributed by atoms with Gasteiger partial charge in [-0.15, -0.1) is 0 Å². The number of rotatable bonds is 3. The molecule has 1 aliphatic heterocycles. The smallest absolute Gasteiger partial charge is 0.307 e. The van der Waals surface area contributed by atoms with E-state index in [0.717, 1.165) is 5.56 Å². The quantitative estimate of drug-likeness (QED) is 0.947.